The third-order valence-electron chi connectivity index (χ3n) is 3.55. The van der Waals surface area contributed by atoms with Gasteiger partial charge in [0, 0.05) is 29.0 Å². The molecule has 0 unspecified atom stereocenters. The number of ether oxygens (including phenoxy) is 1. The van der Waals surface area contributed by atoms with Gasteiger partial charge < -0.3 is 9.30 Å². The Bertz CT molecular complexity index is 858. The molecule has 1 aromatic carbocycles. The van der Waals surface area contributed by atoms with Crippen molar-refractivity contribution in [2.45, 2.75) is 11.6 Å². The molecule has 0 N–H and O–H groups in total. The molecule has 0 aliphatic carbocycles. The molecule has 0 amide bonds. The number of carbonyl (C=O) groups is 2. The Morgan fingerprint density at radius 2 is 1.96 bits per heavy atom. The van der Waals surface area contributed by atoms with E-state index in [4.69, 9.17) is 16.3 Å². The van der Waals surface area contributed by atoms with E-state index in [9.17, 15) is 14.4 Å². The summed E-state index contributed by atoms with van der Waals surface area (Å²) in [6.07, 6.45) is 0. The van der Waals surface area contributed by atoms with Crippen LogP contribution in [0.4, 0.5) is 0 Å². The second-order valence-electron chi connectivity index (χ2n) is 4.90. The van der Waals surface area contributed by atoms with Crippen LogP contribution in [0.5, 0.6) is 0 Å². The van der Waals surface area contributed by atoms with Crippen LogP contribution in [0.1, 0.15) is 26.3 Å². The van der Waals surface area contributed by atoms with Crippen LogP contribution in [0, 0.1) is 0 Å². The molecular formula is C16H12ClNO4S. The first kappa shape index (κ1) is 15.8. The number of carbonyl (C=O) groups excluding carboxylic acids is 2. The number of esters is 1. The molecule has 1 aliphatic heterocycles. The molecule has 0 saturated heterocycles. The lowest BCUT2D eigenvalue weighted by Gasteiger charge is -2.12. The average molecular weight is 350 g/mol. The van der Waals surface area contributed by atoms with E-state index in [1.165, 1.54) is 29.5 Å². The highest BCUT2D eigenvalue weighted by atomic mass is 35.5. The Labute approximate surface area is 141 Å². The SMILES string of the molecule is COC(=O)c1cc(=O)n2c(c1C(=O)c1ccc(Cl)cc1)SCC2. The van der Waals surface area contributed by atoms with Crippen LogP contribution >= 0.6 is 23.4 Å². The van der Waals surface area contributed by atoms with Gasteiger partial charge in [0.1, 0.15) is 0 Å². The maximum Gasteiger partial charge on any atom is 0.338 e. The summed E-state index contributed by atoms with van der Waals surface area (Å²) in [5.41, 5.74) is 0.297. The van der Waals surface area contributed by atoms with E-state index in [1.54, 1.807) is 24.3 Å². The predicted octanol–water partition coefficient (Wildman–Crippen LogP) is 2.63. The van der Waals surface area contributed by atoms with E-state index in [2.05, 4.69) is 0 Å². The van der Waals surface area contributed by atoms with Gasteiger partial charge in [-0.2, -0.15) is 0 Å². The topological polar surface area (TPSA) is 65.4 Å². The van der Waals surface area contributed by atoms with Gasteiger partial charge in [-0.25, -0.2) is 4.79 Å². The minimum absolute atomic E-state index is 0.00176. The minimum atomic E-state index is -0.699. The van der Waals surface area contributed by atoms with E-state index < -0.39 is 5.97 Å². The number of hydrogen-bond donors (Lipinski definition) is 0. The number of halogens is 1. The number of pyridine rings is 1. The molecule has 2 aromatic rings. The molecule has 0 atom stereocenters. The van der Waals surface area contributed by atoms with Crippen LogP contribution in [0.15, 0.2) is 40.2 Å². The quantitative estimate of drug-likeness (QED) is 0.629. The van der Waals surface area contributed by atoms with Gasteiger partial charge in [0.15, 0.2) is 5.78 Å². The average Bonchev–Trinajstić information content (AvgIpc) is 3.04. The van der Waals surface area contributed by atoms with Crippen LogP contribution in [0.3, 0.4) is 0 Å². The van der Waals surface area contributed by atoms with Crippen molar-refractivity contribution in [2.75, 3.05) is 12.9 Å². The Morgan fingerprint density at radius 1 is 1.26 bits per heavy atom. The van der Waals surface area contributed by atoms with Crippen molar-refractivity contribution in [3.05, 3.63) is 62.4 Å². The number of nitrogens with zero attached hydrogens (tertiary/aromatic N) is 1. The van der Waals surface area contributed by atoms with Crippen molar-refractivity contribution >= 4 is 35.1 Å². The van der Waals surface area contributed by atoms with Crippen LogP contribution in [0.2, 0.25) is 5.02 Å². The number of methoxy groups -OCH3 is 1. The van der Waals surface area contributed by atoms with E-state index in [-0.39, 0.29) is 22.5 Å². The van der Waals surface area contributed by atoms with Gasteiger partial charge in [-0.05, 0) is 24.3 Å². The lowest BCUT2D eigenvalue weighted by atomic mass is 10.00. The lowest BCUT2D eigenvalue weighted by Crippen LogP contribution is -2.25. The van der Waals surface area contributed by atoms with Crippen LogP contribution in [-0.4, -0.2) is 29.2 Å². The summed E-state index contributed by atoms with van der Waals surface area (Å²) in [7, 11) is 1.22. The molecule has 0 bridgehead atoms. The third-order valence-corrected chi connectivity index (χ3v) is 4.89. The Kier molecular flexibility index (Phi) is 4.28. The largest absolute Gasteiger partial charge is 0.465 e. The zero-order chi connectivity index (χ0) is 16.6. The number of thioether (sulfide) groups is 1. The number of benzene rings is 1. The molecule has 118 valence electrons. The van der Waals surface area contributed by atoms with Gasteiger partial charge >= 0.3 is 5.97 Å². The third kappa shape index (κ3) is 2.80. The fraction of sp³-hybridized carbons (Fsp3) is 0.188. The van der Waals surface area contributed by atoms with Crippen LogP contribution in [-0.2, 0) is 11.3 Å². The molecule has 1 aliphatic rings. The fourth-order valence-corrected chi connectivity index (χ4v) is 3.73. The van der Waals surface area contributed by atoms with Crippen LogP contribution < -0.4 is 5.56 Å². The molecule has 23 heavy (non-hydrogen) atoms. The molecule has 0 spiro atoms. The monoisotopic (exact) mass is 349 g/mol. The maximum absolute atomic E-state index is 12.9. The second kappa shape index (κ2) is 6.22. The van der Waals surface area contributed by atoms with Gasteiger partial charge in [-0.1, -0.05) is 11.6 Å². The Balaban J connectivity index is 2.22. The number of hydrogen-bond acceptors (Lipinski definition) is 5. The van der Waals surface area contributed by atoms with Gasteiger partial charge in [0.05, 0.1) is 23.3 Å². The molecular weight excluding hydrogens is 338 g/mol. The van der Waals surface area contributed by atoms with E-state index >= 15 is 0 Å². The highest BCUT2D eigenvalue weighted by Crippen LogP contribution is 2.31. The zero-order valence-electron chi connectivity index (χ0n) is 12.2. The number of rotatable bonds is 3. The van der Waals surface area contributed by atoms with Crippen molar-refractivity contribution in [1.82, 2.24) is 4.57 Å². The molecule has 1 aromatic heterocycles. The normalized spacial score (nSPS) is 12.8. The lowest BCUT2D eigenvalue weighted by molar-refractivity contribution is 0.0596. The summed E-state index contributed by atoms with van der Waals surface area (Å²) in [6, 6.07) is 7.57. The van der Waals surface area contributed by atoms with E-state index in [1.807, 2.05) is 0 Å². The number of aromatic nitrogens is 1. The summed E-state index contributed by atoms with van der Waals surface area (Å²) in [5.74, 6) is -0.351. The first-order chi connectivity index (χ1) is 11.0. The zero-order valence-corrected chi connectivity index (χ0v) is 13.7. The van der Waals surface area contributed by atoms with Crippen molar-refractivity contribution in [2.24, 2.45) is 0 Å². The fourth-order valence-electron chi connectivity index (χ4n) is 2.46. The van der Waals surface area contributed by atoms with Crippen LogP contribution in [0.25, 0.3) is 0 Å². The minimum Gasteiger partial charge on any atom is -0.465 e. The number of fused-ring (bicyclic) bond motifs is 1. The highest BCUT2D eigenvalue weighted by Gasteiger charge is 2.29. The van der Waals surface area contributed by atoms with Gasteiger partial charge in [0.25, 0.3) is 5.56 Å². The summed E-state index contributed by atoms with van der Waals surface area (Å²) < 4.78 is 6.24. The van der Waals surface area contributed by atoms with Crippen molar-refractivity contribution in [3.63, 3.8) is 0 Å². The number of ketones is 1. The molecule has 0 saturated carbocycles. The first-order valence-corrected chi connectivity index (χ1v) is 8.18. The van der Waals surface area contributed by atoms with E-state index in [0.29, 0.717) is 27.9 Å². The maximum atomic E-state index is 12.9. The smallest absolute Gasteiger partial charge is 0.338 e. The molecule has 0 radical (unpaired) electrons. The summed E-state index contributed by atoms with van der Waals surface area (Å²) >= 11 is 7.23. The molecule has 2 heterocycles. The second-order valence-corrected chi connectivity index (χ2v) is 6.42. The standard InChI is InChI=1S/C16H12ClNO4S/c1-22-16(21)11-8-12(19)18-6-7-23-15(18)13(11)14(20)9-2-4-10(17)5-3-9/h2-5,8H,6-7H2,1H3. The van der Waals surface area contributed by atoms with E-state index in [0.717, 1.165) is 0 Å². The van der Waals surface area contributed by atoms with Crippen molar-refractivity contribution in [1.29, 1.82) is 0 Å². The molecule has 7 heteroatoms. The summed E-state index contributed by atoms with van der Waals surface area (Å²) in [6.45, 7) is 0.515. The molecule has 0 fully saturated rings. The van der Waals surface area contributed by atoms with Gasteiger partial charge in [0.2, 0.25) is 0 Å². The Hall–Kier alpha value is -2.05. The first-order valence-electron chi connectivity index (χ1n) is 6.82. The predicted molar refractivity (Wildman–Crippen MR) is 87.7 cm³/mol. The molecule has 3 rings (SSSR count). The highest BCUT2D eigenvalue weighted by molar-refractivity contribution is 7.99. The Morgan fingerprint density at radius 3 is 2.61 bits per heavy atom. The van der Waals surface area contributed by atoms with Crippen molar-refractivity contribution in [3.8, 4) is 0 Å². The summed E-state index contributed by atoms with van der Waals surface area (Å²) in [4.78, 5) is 37.0. The van der Waals surface area contributed by atoms with Gasteiger partial charge in [-0.3, -0.25) is 9.59 Å². The van der Waals surface area contributed by atoms with Crippen molar-refractivity contribution < 1.29 is 14.3 Å². The molecule has 5 nitrogen and oxygen atoms in total. The van der Waals surface area contributed by atoms with Gasteiger partial charge in [-0.15, -0.1) is 11.8 Å². The summed E-state index contributed by atoms with van der Waals surface area (Å²) in [5, 5.41) is 1.02.